The number of hydrogen-bond acceptors (Lipinski definition) is 3. The molecule has 1 aromatic rings. The van der Waals surface area contributed by atoms with Gasteiger partial charge in [-0.05, 0) is 44.5 Å². The third-order valence-electron chi connectivity index (χ3n) is 4.44. The molecular weight excluding hydrogens is 284 g/mol. The van der Waals surface area contributed by atoms with Crippen molar-refractivity contribution in [3.05, 3.63) is 29.8 Å². The first-order valence-corrected chi connectivity index (χ1v) is 9.23. The molecule has 1 aliphatic carbocycles. The predicted octanol–water partition coefficient (Wildman–Crippen LogP) is 2.92. The smallest absolute Gasteiger partial charge is 0.243 e. The summed E-state index contributed by atoms with van der Waals surface area (Å²) >= 11 is 0. The summed E-state index contributed by atoms with van der Waals surface area (Å²) in [5, 5.41) is 3.15. The summed E-state index contributed by atoms with van der Waals surface area (Å²) < 4.78 is 27.5. The fourth-order valence-electron chi connectivity index (χ4n) is 3.06. The Hall–Kier alpha value is -0.910. The van der Waals surface area contributed by atoms with Crippen LogP contribution in [0.4, 0.5) is 0 Å². The normalized spacial score (nSPS) is 18.3. The van der Waals surface area contributed by atoms with Crippen LogP contribution < -0.4 is 5.32 Å². The highest BCUT2D eigenvalue weighted by atomic mass is 32.2. The monoisotopic (exact) mass is 310 g/mol. The Kier molecular flexibility index (Phi) is 5.41. The zero-order chi connectivity index (χ0) is 15.5. The van der Waals surface area contributed by atoms with E-state index in [9.17, 15) is 8.42 Å². The summed E-state index contributed by atoms with van der Waals surface area (Å²) in [6, 6.07) is 7.62. The number of sulfonamides is 1. The minimum atomic E-state index is -3.39. The molecule has 0 bridgehead atoms. The van der Waals surface area contributed by atoms with E-state index in [1.54, 1.807) is 16.4 Å². The van der Waals surface area contributed by atoms with Crippen LogP contribution in [0.3, 0.4) is 0 Å². The van der Waals surface area contributed by atoms with Crippen LogP contribution in [-0.4, -0.2) is 32.4 Å². The molecule has 0 heterocycles. The molecule has 0 spiro atoms. The maximum Gasteiger partial charge on any atom is 0.243 e. The third kappa shape index (κ3) is 3.47. The van der Waals surface area contributed by atoms with Crippen molar-refractivity contribution in [2.75, 3.05) is 13.6 Å². The highest BCUT2D eigenvalue weighted by Crippen LogP contribution is 2.29. The van der Waals surface area contributed by atoms with Crippen molar-refractivity contribution in [1.82, 2.24) is 9.62 Å². The summed E-state index contributed by atoms with van der Waals surface area (Å²) in [7, 11) is -1.52. The zero-order valence-electron chi connectivity index (χ0n) is 13.2. The predicted molar refractivity (Wildman–Crippen MR) is 85.7 cm³/mol. The lowest BCUT2D eigenvalue weighted by Crippen LogP contribution is -2.38. The van der Waals surface area contributed by atoms with Crippen molar-refractivity contribution in [3.8, 4) is 0 Å². The van der Waals surface area contributed by atoms with Crippen LogP contribution in [0, 0.1) is 0 Å². The molecule has 118 valence electrons. The fraction of sp³-hybridized carbons (Fsp3) is 0.625. The Bertz CT molecular complexity index is 565. The van der Waals surface area contributed by atoms with Gasteiger partial charge in [0.05, 0.1) is 4.90 Å². The van der Waals surface area contributed by atoms with E-state index in [4.69, 9.17) is 0 Å². The average molecular weight is 310 g/mol. The molecule has 0 aliphatic heterocycles. The van der Waals surface area contributed by atoms with E-state index < -0.39 is 10.0 Å². The standard InChI is InChI=1S/C16H26N2O2S/c1-4-18(15-9-5-6-10-15)21(19,20)16-11-7-8-14(12-16)13(2)17-3/h7-8,11-13,15,17H,4-6,9-10H2,1-3H3. The third-order valence-corrected chi connectivity index (χ3v) is 6.46. The molecule has 1 aliphatic rings. The molecule has 21 heavy (non-hydrogen) atoms. The van der Waals surface area contributed by atoms with Crippen molar-refractivity contribution in [1.29, 1.82) is 0 Å². The maximum absolute atomic E-state index is 12.9. The number of nitrogens with one attached hydrogen (secondary N) is 1. The Morgan fingerprint density at radius 3 is 2.57 bits per heavy atom. The number of rotatable bonds is 6. The number of hydrogen-bond donors (Lipinski definition) is 1. The molecule has 0 amide bonds. The van der Waals surface area contributed by atoms with Gasteiger partial charge in [-0.1, -0.05) is 31.9 Å². The molecule has 2 rings (SSSR count). The van der Waals surface area contributed by atoms with Gasteiger partial charge in [-0.15, -0.1) is 0 Å². The van der Waals surface area contributed by atoms with Crippen molar-refractivity contribution >= 4 is 10.0 Å². The van der Waals surface area contributed by atoms with Crippen molar-refractivity contribution in [3.63, 3.8) is 0 Å². The lowest BCUT2D eigenvalue weighted by molar-refractivity contribution is 0.335. The molecule has 0 radical (unpaired) electrons. The van der Waals surface area contributed by atoms with Gasteiger partial charge in [0.1, 0.15) is 0 Å². The van der Waals surface area contributed by atoms with Gasteiger partial charge in [0.2, 0.25) is 10.0 Å². The lowest BCUT2D eigenvalue weighted by Gasteiger charge is -2.27. The molecule has 1 unspecified atom stereocenters. The topological polar surface area (TPSA) is 49.4 Å². The summed E-state index contributed by atoms with van der Waals surface area (Å²) in [4.78, 5) is 0.413. The zero-order valence-corrected chi connectivity index (χ0v) is 14.0. The lowest BCUT2D eigenvalue weighted by atomic mass is 10.1. The van der Waals surface area contributed by atoms with Gasteiger partial charge < -0.3 is 5.32 Å². The van der Waals surface area contributed by atoms with E-state index in [-0.39, 0.29) is 12.1 Å². The quantitative estimate of drug-likeness (QED) is 0.879. The molecule has 1 N–H and O–H groups in total. The SMILES string of the molecule is CCN(C1CCCC1)S(=O)(=O)c1cccc(C(C)NC)c1. The molecule has 4 nitrogen and oxygen atoms in total. The summed E-state index contributed by atoms with van der Waals surface area (Å²) in [5.74, 6) is 0. The minimum absolute atomic E-state index is 0.140. The Morgan fingerprint density at radius 2 is 2.00 bits per heavy atom. The molecule has 5 heteroatoms. The van der Waals surface area contributed by atoms with E-state index in [2.05, 4.69) is 5.32 Å². The van der Waals surface area contributed by atoms with Crippen LogP contribution in [0.1, 0.15) is 51.1 Å². The van der Waals surface area contributed by atoms with Crippen molar-refractivity contribution < 1.29 is 8.42 Å². The van der Waals surface area contributed by atoms with Crippen LogP contribution in [0.15, 0.2) is 29.2 Å². The molecule has 1 fully saturated rings. The number of nitrogens with zero attached hydrogens (tertiary/aromatic N) is 1. The summed E-state index contributed by atoms with van der Waals surface area (Å²) in [6.45, 7) is 4.50. The van der Waals surface area contributed by atoms with Gasteiger partial charge >= 0.3 is 0 Å². The second-order valence-corrected chi connectivity index (χ2v) is 7.62. The van der Waals surface area contributed by atoms with Gasteiger partial charge in [-0.2, -0.15) is 4.31 Å². The van der Waals surface area contributed by atoms with E-state index in [1.807, 2.05) is 33.0 Å². The second kappa shape index (κ2) is 6.90. The van der Waals surface area contributed by atoms with Crippen LogP contribution in [-0.2, 0) is 10.0 Å². The molecule has 0 saturated heterocycles. The molecular formula is C16H26N2O2S. The first-order chi connectivity index (χ1) is 10.0. The molecule has 1 saturated carbocycles. The number of benzene rings is 1. The average Bonchev–Trinajstić information content (AvgIpc) is 3.01. The van der Waals surface area contributed by atoms with Gasteiger partial charge in [0, 0.05) is 18.6 Å². The molecule has 1 aromatic carbocycles. The van der Waals surface area contributed by atoms with Crippen molar-refractivity contribution in [2.24, 2.45) is 0 Å². The van der Waals surface area contributed by atoms with Crippen LogP contribution in [0.2, 0.25) is 0 Å². The van der Waals surface area contributed by atoms with E-state index in [0.29, 0.717) is 11.4 Å². The van der Waals surface area contributed by atoms with E-state index >= 15 is 0 Å². The molecule has 1 atom stereocenters. The van der Waals surface area contributed by atoms with Gasteiger partial charge in [0.15, 0.2) is 0 Å². The van der Waals surface area contributed by atoms with E-state index in [1.165, 1.54) is 0 Å². The molecule has 0 aromatic heterocycles. The Morgan fingerprint density at radius 1 is 1.33 bits per heavy atom. The maximum atomic E-state index is 12.9. The van der Waals surface area contributed by atoms with Gasteiger partial charge in [-0.25, -0.2) is 8.42 Å². The first kappa shape index (κ1) is 16.5. The Labute approximate surface area is 128 Å². The Balaban J connectivity index is 2.33. The van der Waals surface area contributed by atoms with Crippen LogP contribution in [0.5, 0.6) is 0 Å². The van der Waals surface area contributed by atoms with Crippen LogP contribution >= 0.6 is 0 Å². The van der Waals surface area contributed by atoms with E-state index in [0.717, 1.165) is 31.2 Å². The van der Waals surface area contributed by atoms with Crippen LogP contribution in [0.25, 0.3) is 0 Å². The summed E-state index contributed by atoms with van der Waals surface area (Å²) in [5.41, 5.74) is 1.00. The highest BCUT2D eigenvalue weighted by molar-refractivity contribution is 7.89. The van der Waals surface area contributed by atoms with Crippen molar-refractivity contribution in [2.45, 2.75) is 56.5 Å². The highest BCUT2D eigenvalue weighted by Gasteiger charge is 2.32. The first-order valence-electron chi connectivity index (χ1n) is 7.79. The van der Waals surface area contributed by atoms with Gasteiger partial charge in [-0.3, -0.25) is 0 Å². The largest absolute Gasteiger partial charge is 0.313 e. The second-order valence-electron chi connectivity index (χ2n) is 5.73. The minimum Gasteiger partial charge on any atom is -0.313 e. The fourth-order valence-corrected chi connectivity index (χ4v) is 4.81. The summed E-state index contributed by atoms with van der Waals surface area (Å²) in [6.07, 6.45) is 4.24. The van der Waals surface area contributed by atoms with Gasteiger partial charge in [0.25, 0.3) is 0 Å².